The van der Waals surface area contributed by atoms with Crippen molar-refractivity contribution in [1.82, 2.24) is 0 Å². The minimum absolute atomic E-state index is 0.208. The highest BCUT2D eigenvalue weighted by molar-refractivity contribution is 7.30. The van der Waals surface area contributed by atoms with Crippen LogP contribution in [0.3, 0.4) is 0 Å². The van der Waals surface area contributed by atoms with E-state index in [1.807, 2.05) is 19.1 Å². The number of esters is 2. The van der Waals surface area contributed by atoms with Crippen LogP contribution in [0.15, 0.2) is 36.1 Å². The van der Waals surface area contributed by atoms with Crippen LogP contribution in [-0.4, -0.2) is 31.8 Å². The minimum atomic E-state index is -1.28. The molecule has 1 heterocycles. The van der Waals surface area contributed by atoms with E-state index in [2.05, 4.69) is 37.8 Å². The van der Waals surface area contributed by atoms with Gasteiger partial charge in [-0.2, -0.15) is 0 Å². The molecule has 5 nitrogen and oxygen atoms in total. The van der Waals surface area contributed by atoms with Crippen LogP contribution < -0.4 is 4.74 Å². The van der Waals surface area contributed by atoms with E-state index in [9.17, 15) is 9.59 Å². The van der Waals surface area contributed by atoms with E-state index in [1.54, 1.807) is 13.8 Å². The van der Waals surface area contributed by atoms with Gasteiger partial charge in [-0.3, -0.25) is 9.59 Å². The standard InChI is InChI=1S/C25H31O5P/c1-6-28-20-11-9-19(10-12-20)24(4,5)21-13-17-14-25(22(26)29-7-2,23(27)30-8-3)15-18(17)16-31-21/h9-13,16H,6-8,14-15H2,1-5H3. The Balaban J connectivity index is 1.93. The molecule has 0 radical (unpaired) electrons. The van der Waals surface area contributed by atoms with Gasteiger partial charge in [-0.15, -0.1) is 0 Å². The van der Waals surface area contributed by atoms with Gasteiger partial charge in [-0.25, -0.2) is 0 Å². The predicted molar refractivity (Wildman–Crippen MR) is 122 cm³/mol. The highest BCUT2D eigenvalue weighted by atomic mass is 31.0. The van der Waals surface area contributed by atoms with Crippen LogP contribution in [0.1, 0.15) is 56.6 Å². The van der Waals surface area contributed by atoms with Gasteiger partial charge < -0.3 is 14.2 Å². The summed E-state index contributed by atoms with van der Waals surface area (Å²) < 4.78 is 16.1. The smallest absolute Gasteiger partial charge is 0.324 e. The molecule has 0 spiro atoms. The molecule has 0 N–H and O–H groups in total. The van der Waals surface area contributed by atoms with Crippen LogP contribution in [0.4, 0.5) is 0 Å². The molecule has 1 aromatic carbocycles. The molecule has 0 saturated heterocycles. The molecule has 0 fully saturated rings. The van der Waals surface area contributed by atoms with Crippen LogP contribution in [0, 0.1) is 5.41 Å². The number of rotatable bonds is 8. The van der Waals surface area contributed by atoms with Gasteiger partial charge in [0, 0.05) is 11.8 Å². The zero-order valence-corrected chi connectivity index (χ0v) is 19.9. The van der Waals surface area contributed by atoms with Crippen LogP contribution in [0.2, 0.25) is 0 Å². The lowest BCUT2D eigenvalue weighted by Gasteiger charge is -2.26. The van der Waals surface area contributed by atoms with Crippen molar-refractivity contribution in [3.8, 4) is 5.75 Å². The summed E-state index contributed by atoms with van der Waals surface area (Å²) in [4.78, 5) is 25.6. The lowest BCUT2D eigenvalue weighted by molar-refractivity contribution is -0.171. The summed E-state index contributed by atoms with van der Waals surface area (Å²) in [5.41, 5.74) is 1.76. The lowest BCUT2D eigenvalue weighted by Crippen LogP contribution is -2.43. The average molecular weight is 442 g/mol. The van der Waals surface area contributed by atoms with Crippen molar-refractivity contribution in [1.29, 1.82) is 0 Å². The topological polar surface area (TPSA) is 61.8 Å². The maximum atomic E-state index is 12.8. The van der Waals surface area contributed by atoms with Crippen LogP contribution >= 0.6 is 8.19 Å². The van der Waals surface area contributed by atoms with Crippen molar-refractivity contribution >= 4 is 20.1 Å². The van der Waals surface area contributed by atoms with E-state index >= 15 is 0 Å². The molecule has 0 unspecified atom stereocenters. The minimum Gasteiger partial charge on any atom is -0.494 e. The Kier molecular flexibility index (Phi) is 7.06. The number of hydrogen-bond acceptors (Lipinski definition) is 5. The first kappa shape index (κ1) is 23.3. The zero-order valence-electron chi connectivity index (χ0n) is 19.0. The Morgan fingerprint density at radius 3 is 2.06 bits per heavy atom. The SMILES string of the molecule is CCOC(=O)C1(C(=O)OCC)Cc2cpc(C(C)(C)c3ccc(OCC)cc3)cc2C1. The molecule has 3 rings (SSSR count). The van der Waals surface area contributed by atoms with Crippen LogP contribution in [-0.2, 0) is 37.3 Å². The summed E-state index contributed by atoms with van der Waals surface area (Å²) >= 11 is 0. The molecule has 0 amide bonds. The normalized spacial score (nSPS) is 14.9. The van der Waals surface area contributed by atoms with Crippen molar-refractivity contribution < 1.29 is 23.8 Å². The van der Waals surface area contributed by atoms with Gasteiger partial charge in [0.1, 0.15) is 5.75 Å². The van der Waals surface area contributed by atoms with Gasteiger partial charge in [0.05, 0.1) is 19.8 Å². The monoisotopic (exact) mass is 442 g/mol. The number of fused-ring (bicyclic) bond motifs is 1. The second kappa shape index (κ2) is 9.40. The highest BCUT2D eigenvalue weighted by Gasteiger charge is 2.53. The molecule has 6 heteroatoms. The fourth-order valence-corrected chi connectivity index (χ4v) is 5.33. The van der Waals surface area contributed by atoms with Gasteiger partial charge in [0.25, 0.3) is 0 Å². The van der Waals surface area contributed by atoms with Crippen LogP contribution in [0.5, 0.6) is 5.75 Å². The number of benzene rings is 1. The number of carbonyl (C=O) groups is 2. The lowest BCUT2D eigenvalue weighted by atomic mass is 9.82. The zero-order chi connectivity index (χ0) is 22.6. The van der Waals surface area contributed by atoms with Crippen molar-refractivity contribution in [2.75, 3.05) is 19.8 Å². The fourth-order valence-electron chi connectivity index (χ4n) is 4.10. The molecule has 166 valence electrons. The van der Waals surface area contributed by atoms with Gasteiger partial charge in [0.15, 0.2) is 5.41 Å². The second-order valence-corrected chi connectivity index (χ2v) is 9.30. The summed E-state index contributed by atoms with van der Waals surface area (Å²) in [6, 6.07) is 10.4. The molecule has 0 atom stereocenters. The number of carbonyl (C=O) groups excluding carboxylic acids is 2. The van der Waals surface area contributed by atoms with Crippen LogP contribution in [0.25, 0.3) is 0 Å². The maximum Gasteiger partial charge on any atom is 0.324 e. The molecule has 2 aromatic rings. The van der Waals surface area contributed by atoms with E-state index in [0.29, 0.717) is 19.4 Å². The first-order valence-electron chi connectivity index (χ1n) is 10.8. The van der Waals surface area contributed by atoms with Gasteiger partial charge in [-0.05, 0) is 67.1 Å². The number of hydrogen-bond donors (Lipinski definition) is 0. The molecule has 1 aliphatic rings. The molecular formula is C25H31O5P. The fraction of sp³-hybridized carbons (Fsp3) is 0.480. The third-order valence-electron chi connectivity index (χ3n) is 5.93. The highest BCUT2D eigenvalue weighted by Crippen LogP contribution is 2.45. The first-order chi connectivity index (χ1) is 14.8. The molecular weight excluding hydrogens is 411 g/mol. The third-order valence-corrected chi connectivity index (χ3v) is 7.33. The molecule has 31 heavy (non-hydrogen) atoms. The van der Waals surface area contributed by atoms with Crippen molar-refractivity contribution in [3.05, 3.63) is 58.1 Å². The summed E-state index contributed by atoms with van der Waals surface area (Å²) in [7, 11) is 1.07. The Bertz CT molecular complexity index is 931. The van der Waals surface area contributed by atoms with Gasteiger partial charge in [0.2, 0.25) is 0 Å². The van der Waals surface area contributed by atoms with E-state index in [-0.39, 0.29) is 18.6 Å². The van der Waals surface area contributed by atoms with Crippen molar-refractivity contribution in [2.45, 2.75) is 52.9 Å². The second-order valence-electron chi connectivity index (χ2n) is 8.30. The molecule has 0 saturated carbocycles. The predicted octanol–water partition coefficient (Wildman–Crippen LogP) is 5.20. The first-order valence-corrected chi connectivity index (χ1v) is 11.8. The quantitative estimate of drug-likeness (QED) is 0.415. The summed E-state index contributed by atoms with van der Waals surface area (Å²) in [6.45, 7) is 11.0. The molecule has 0 bridgehead atoms. The Morgan fingerprint density at radius 1 is 0.935 bits per heavy atom. The van der Waals surface area contributed by atoms with E-state index in [0.717, 1.165) is 25.1 Å². The van der Waals surface area contributed by atoms with E-state index < -0.39 is 17.4 Å². The summed E-state index contributed by atoms with van der Waals surface area (Å²) in [5, 5.41) is 1.22. The molecule has 0 aliphatic heterocycles. The largest absolute Gasteiger partial charge is 0.494 e. The Labute approximate surface area is 186 Å². The summed E-state index contributed by atoms with van der Waals surface area (Å²) in [6.07, 6.45) is 0.648. The van der Waals surface area contributed by atoms with Crippen molar-refractivity contribution in [2.24, 2.45) is 5.41 Å². The van der Waals surface area contributed by atoms with Crippen molar-refractivity contribution in [3.63, 3.8) is 0 Å². The van der Waals surface area contributed by atoms with Gasteiger partial charge in [-0.1, -0.05) is 40.2 Å². The average Bonchev–Trinajstić information content (AvgIpc) is 3.15. The van der Waals surface area contributed by atoms with Gasteiger partial charge >= 0.3 is 11.9 Å². The molecule has 1 aromatic heterocycles. The summed E-state index contributed by atoms with van der Waals surface area (Å²) in [5.74, 6) is 2.00. The Hall–Kier alpha value is -2.39. The van der Waals surface area contributed by atoms with E-state index in [1.165, 1.54) is 10.9 Å². The number of ether oxygens (including phenoxy) is 3. The Morgan fingerprint density at radius 2 is 1.52 bits per heavy atom. The van der Waals surface area contributed by atoms with E-state index in [4.69, 9.17) is 14.2 Å². The maximum absolute atomic E-state index is 12.8. The molecule has 1 aliphatic carbocycles. The third kappa shape index (κ3) is 4.48.